The Morgan fingerprint density at radius 1 is 1.17 bits per heavy atom. The molecule has 0 saturated heterocycles. The molecule has 2 N–H and O–H groups in total. The average molecular weight is 520 g/mol. The fourth-order valence-corrected chi connectivity index (χ4v) is 4.38. The summed E-state index contributed by atoms with van der Waals surface area (Å²) in [5.41, 5.74) is -0.167. The second-order valence-corrected chi connectivity index (χ2v) is 9.62. The third kappa shape index (κ3) is 8.51. The lowest BCUT2D eigenvalue weighted by Gasteiger charge is -2.27. The van der Waals surface area contributed by atoms with Gasteiger partial charge in [-0.1, -0.05) is 18.2 Å². The van der Waals surface area contributed by atoms with E-state index in [0.29, 0.717) is 32.2 Å². The SMILES string of the molecule is CS(=O)(=O)OC1CCC(CNc2nc(NCc3ccccc3OC(F)(F)F)ncc2[N+](=O)[O-])CC1. The highest BCUT2D eigenvalue weighted by atomic mass is 32.2. The van der Waals surface area contributed by atoms with Crippen LogP contribution in [-0.2, 0) is 20.8 Å². The minimum atomic E-state index is -4.85. The summed E-state index contributed by atoms with van der Waals surface area (Å²) in [7, 11) is -3.53. The Bertz CT molecular complexity index is 1140. The monoisotopic (exact) mass is 519 g/mol. The molecule has 1 heterocycles. The van der Waals surface area contributed by atoms with Gasteiger partial charge in [-0.25, -0.2) is 4.98 Å². The van der Waals surface area contributed by atoms with Crippen molar-refractivity contribution >= 4 is 27.6 Å². The number of alkyl halides is 3. The second kappa shape index (κ2) is 11.0. The third-order valence-electron chi connectivity index (χ3n) is 5.26. The summed E-state index contributed by atoms with van der Waals surface area (Å²) in [5.74, 6) is -0.331. The zero-order valence-electron chi connectivity index (χ0n) is 18.6. The molecule has 35 heavy (non-hydrogen) atoms. The van der Waals surface area contributed by atoms with Gasteiger partial charge in [-0.05, 0) is 37.7 Å². The van der Waals surface area contributed by atoms with Gasteiger partial charge in [0.05, 0.1) is 17.3 Å². The zero-order valence-corrected chi connectivity index (χ0v) is 19.4. The molecule has 2 aromatic rings. The highest BCUT2D eigenvalue weighted by Gasteiger charge is 2.32. The molecule has 1 aromatic carbocycles. The number of ether oxygens (including phenoxy) is 1. The lowest BCUT2D eigenvalue weighted by molar-refractivity contribution is -0.384. The number of hydrogen-bond donors (Lipinski definition) is 2. The van der Waals surface area contributed by atoms with Gasteiger partial charge in [0.2, 0.25) is 11.8 Å². The molecule has 0 spiro atoms. The van der Waals surface area contributed by atoms with Crippen molar-refractivity contribution < 1.29 is 35.4 Å². The number of nitrogens with zero attached hydrogens (tertiary/aromatic N) is 3. The number of rotatable bonds is 10. The molecule has 15 heteroatoms. The molecule has 0 amide bonds. The molecule has 1 aromatic heterocycles. The summed E-state index contributed by atoms with van der Waals surface area (Å²) >= 11 is 0. The largest absolute Gasteiger partial charge is 0.573 e. The van der Waals surface area contributed by atoms with Gasteiger partial charge < -0.3 is 15.4 Å². The fourth-order valence-electron chi connectivity index (χ4n) is 3.69. The molecule has 1 aliphatic carbocycles. The number of aromatic nitrogens is 2. The molecule has 0 unspecified atom stereocenters. The number of hydrogen-bond acceptors (Lipinski definition) is 10. The van der Waals surface area contributed by atoms with Crippen molar-refractivity contribution in [3.05, 3.63) is 46.1 Å². The normalized spacial score (nSPS) is 18.6. The summed E-state index contributed by atoms with van der Waals surface area (Å²) in [5, 5.41) is 17.1. The van der Waals surface area contributed by atoms with Gasteiger partial charge in [0.1, 0.15) is 11.9 Å². The molecular weight excluding hydrogens is 495 g/mol. The van der Waals surface area contributed by atoms with E-state index in [9.17, 15) is 31.7 Å². The van der Waals surface area contributed by atoms with Crippen LogP contribution in [0.3, 0.4) is 0 Å². The minimum absolute atomic E-state index is 0.0230. The van der Waals surface area contributed by atoms with Crippen molar-refractivity contribution in [2.24, 2.45) is 5.92 Å². The number of nitro groups is 1. The maximum atomic E-state index is 12.6. The van der Waals surface area contributed by atoms with Crippen molar-refractivity contribution in [1.82, 2.24) is 9.97 Å². The Morgan fingerprint density at radius 2 is 1.86 bits per heavy atom. The smallest absolute Gasteiger partial charge is 0.405 e. The molecule has 11 nitrogen and oxygen atoms in total. The van der Waals surface area contributed by atoms with Crippen LogP contribution < -0.4 is 15.4 Å². The molecule has 1 saturated carbocycles. The predicted octanol–water partition coefficient (Wildman–Crippen LogP) is 3.84. The van der Waals surface area contributed by atoms with E-state index in [4.69, 9.17) is 4.18 Å². The van der Waals surface area contributed by atoms with Gasteiger partial charge in [0, 0.05) is 18.7 Å². The highest BCUT2D eigenvalue weighted by molar-refractivity contribution is 7.86. The van der Waals surface area contributed by atoms with Crippen LogP contribution in [0.4, 0.5) is 30.6 Å². The first kappa shape index (κ1) is 26.4. The Hall–Kier alpha value is -3.20. The summed E-state index contributed by atoms with van der Waals surface area (Å²) in [6, 6.07) is 5.54. The fraction of sp³-hybridized carbons (Fsp3) is 0.500. The van der Waals surface area contributed by atoms with Crippen LogP contribution >= 0.6 is 0 Å². The number of nitrogens with one attached hydrogen (secondary N) is 2. The quantitative estimate of drug-likeness (QED) is 0.270. The van der Waals surface area contributed by atoms with Gasteiger partial charge in [0.15, 0.2) is 0 Å². The lowest BCUT2D eigenvalue weighted by Crippen LogP contribution is -2.27. The molecular formula is C20H24F3N5O6S. The molecule has 0 atom stereocenters. The standard InChI is InChI=1S/C20H24F3N5O6S/c1-35(31,32)34-15-8-6-13(7-9-15)10-24-18-16(28(29)30)12-26-19(27-18)25-11-14-4-2-3-5-17(14)33-20(21,22)23/h2-5,12-13,15H,6-11H2,1H3,(H2,24,25,26,27). The molecule has 0 bridgehead atoms. The van der Waals surface area contributed by atoms with E-state index in [1.807, 2.05) is 0 Å². The maximum absolute atomic E-state index is 12.6. The van der Waals surface area contributed by atoms with Crippen LogP contribution in [0.2, 0.25) is 0 Å². The Kier molecular flexibility index (Phi) is 8.32. The van der Waals surface area contributed by atoms with Gasteiger partial charge in [-0.15, -0.1) is 13.2 Å². The van der Waals surface area contributed by atoms with Crippen molar-refractivity contribution in [2.75, 3.05) is 23.4 Å². The molecule has 0 radical (unpaired) electrons. The van der Waals surface area contributed by atoms with E-state index in [2.05, 4.69) is 25.3 Å². The van der Waals surface area contributed by atoms with Crippen LogP contribution in [0.1, 0.15) is 31.2 Å². The molecule has 192 valence electrons. The van der Waals surface area contributed by atoms with E-state index in [1.54, 1.807) is 6.07 Å². The number of anilines is 2. The molecule has 1 fully saturated rings. The first-order valence-corrected chi connectivity index (χ1v) is 12.4. The number of para-hydroxylation sites is 1. The van der Waals surface area contributed by atoms with Crippen LogP contribution in [-0.4, -0.2) is 48.6 Å². The highest BCUT2D eigenvalue weighted by Crippen LogP contribution is 2.30. The predicted molar refractivity (Wildman–Crippen MR) is 119 cm³/mol. The zero-order chi connectivity index (χ0) is 25.6. The second-order valence-electron chi connectivity index (χ2n) is 8.02. The van der Waals surface area contributed by atoms with E-state index in [-0.39, 0.29) is 47.3 Å². The van der Waals surface area contributed by atoms with Crippen molar-refractivity contribution in [1.29, 1.82) is 0 Å². The van der Waals surface area contributed by atoms with Gasteiger partial charge in [0.25, 0.3) is 10.1 Å². The van der Waals surface area contributed by atoms with Crippen LogP contribution in [0.15, 0.2) is 30.5 Å². The third-order valence-corrected chi connectivity index (χ3v) is 5.89. The first-order valence-electron chi connectivity index (χ1n) is 10.6. The number of benzene rings is 1. The van der Waals surface area contributed by atoms with E-state index < -0.39 is 21.4 Å². The topological polar surface area (TPSA) is 146 Å². The van der Waals surface area contributed by atoms with Crippen molar-refractivity contribution in [3.63, 3.8) is 0 Å². The lowest BCUT2D eigenvalue weighted by atomic mass is 9.87. The maximum Gasteiger partial charge on any atom is 0.573 e. The Labute approximate surface area is 199 Å². The summed E-state index contributed by atoms with van der Waals surface area (Å²) in [6.07, 6.45) is -0.827. The molecule has 3 rings (SSSR count). The Morgan fingerprint density at radius 3 is 2.49 bits per heavy atom. The van der Waals surface area contributed by atoms with Crippen LogP contribution in [0.5, 0.6) is 5.75 Å². The van der Waals surface area contributed by atoms with Crippen LogP contribution in [0, 0.1) is 16.0 Å². The van der Waals surface area contributed by atoms with E-state index >= 15 is 0 Å². The molecule has 1 aliphatic rings. The summed E-state index contributed by atoms with van der Waals surface area (Å²) in [4.78, 5) is 18.7. The first-order chi connectivity index (χ1) is 16.4. The molecule has 0 aliphatic heterocycles. The van der Waals surface area contributed by atoms with Crippen molar-refractivity contribution in [2.45, 2.75) is 44.7 Å². The average Bonchev–Trinajstić information content (AvgIpc) is 2.76. The summed E-state index contributed by atoms with van der Waals surface area (Å²) < 4.78 is 69.4. The van der Waals surface area contributed by atoms with E-state index in [0.717, 1.165) is 12.5 Å². The number of halogens is 3. The minimum Gasteiger partial charge on any atom is -0.405 e. The van der Waals surface area contributed by atoms with E-state index in [1.165, 1.54) is 18.2 Å². The van der Waals surface area contributed by atoms with Gasteiger partial charge in [-0.2, -0.15) is 13.4 Å². The van der Waals surface area contributed by atoms with Gasteiger partial charge in [-0.3, -0.25) is 14.3 Å². The van der Waals surface area contributed by atoms with Crippen LogP contribution in [0.25, 0.3) is 0 Å². The van der Waals surface area contributed by atoms with Crippen molar-refractivity contribution in [3.8, 4) is 5.75 Å². The summed E-state index contributed by atoms with van der Waals surface area (Å²) in [6.45, 7) is 0.235. The Balaban J connectivity index is 1.63. The van der Waals surface area contributed by atoms with Gasteiger partial charge >= 0.3 is 12.0 Å².